The summed E-state index contributed by atoms with van der Waals surface area (Å²) in [4.78, 5) is 3.22. The highest BCUT2D eigenvalue weighted by molar-refractivity contribution is 6.48. The lowest BCUT2D eigenvalue weighted by Gasteiger charge is -2.11. The highest BCUT2D eigenvalue weighted by atomic mass is 28.3. The molecular formula is C6H17NOSi. The van der Waals surface area contributed by atoms with Crippen LogP contribution >= 0.6 is 0 Å². The normalized spacial score (nSPS) is 13.7. The van der Waals surface area contributed by atoms with Gasteiger partial charge in [-0.3, -0.25) is 0 Å². The molecule has 0 aromatic carbocycles. The van der Waals surface area contributed by atoms with Crippen molar-refractivity contribution in [2.45, 2.75) is 26.3 Å². The molecular weight excluding hydrogens is 130 g/mol. The quantitative estimate of drug-likeness (QED) is 0.583. The number of rotatable bonds is 5. The highest BCUT2D eigenvalue weighted by Gasteiger charge is 2.04. The Bertz CT molecular complexity index is 55.0. The maximum Gasteiger partial charge on any atom is 0.252 e. The molecule has 3 heteroatoms. The zero-order valence-corrected chi connectivity index (χ0v) is 7.76. The van der Waals surface area contributed by atoms with Crippen molar-refractivity contribution in [2.75, 3.05) is 13.7 Å². The van der Waals surface area contributed by atoms with Crippen molar-refractivity contribution in [2.24, 2.45) is 0 Å². The van der Waals surface area contributed by atoms with Crippen LogP contribution in [0.4, 0.5) is 0 Å². The number of hydrogen-bond donors (Lipinski definition) is 1. The lowest BCUT2D eigenvalue weighted by Crippen LogP contribution is -2.33. The van der Waals surface area contributed by atoms with E-state index in [4.69, 9.17) is 4.43 Å². The first-order valence-electron chi connectivity index (χ1n) is 3.64. The molecule has 0 rings (SSSR count). The lowest BCUT2D eigenvalue weighted by atomic mass is 10.6. The molecule has 0 aliphatic rings. The molecule has 0 aromatic rings. The van der Waals surface area contributed by atoms with E-state index in [1.165, 1.54) is 12.5 Å². The van der Waals surface area contributed by atoms with E-state index >= 15 is 0 Å². The van der Waals surface area contributed by atoms with Crippen LogP contribution in [0.5, 0.6) is 0 Å². The van der Waals surface area contributed by atoms with Crippen LogP contribution in [0.1, 0.15) is 20.3 Å². The summed E-state index contributed by atoms with van der Waals surface area (Å²) >= 11 is 0. The molecule has 0 saturated carbocycles. The molecule has 0 aliphatic carbocycles. The van der Waals surface area contributed by atoms with E-state index in [0.29, 0.717) is 0 Å². The second-order valence-electron chi connectivity index (χ2n) is 2.02. The van der Waals surface area contributed by atoms with Gasteiger partial charge in [0.25, 0.3) is 9.20 Å². The Morgan fingerprint density at radius 1 is 1.44 bits per heavy atom. The van der Waals surface area contributed by atoms with Gasteiger partial charge in [0.15, 0.2) is 0 Å². The summed E-state index contributed by atoms with van der Waals surface area (Å²) in [7, 11) is 1.03. The van der Waals surface area contributed by atoms with Gasteiger partial charge in [0.05, 0.1) is 0 Å². The molecule has 1 atom stereocenters. The maximum atomic E-state index is 5.46. The summed E-state index contributed by atoms with van der Waals surface area (Å²) in [6.07, 6.45) is 1.23. The van der Waals surface area contributed by atoms with E-state index in [1.54, 1.807) is 0 Å². The van der Waals surface area contributed by atoms with Gasteiger partial charge < -0.3 is 9.41 Å². The summed E-state index contributed by atoms with van der Waals surface area (Å²) in [5, 5.41) is 0. The van der Waals surface area contributed by atoms with Gasteiger partial charge in [-0.25, -0.2) is 0 Å². The molecule has 1 unspecified atom stereocenters. The summed E-state index contributed by atoms with van der Waals surface area (Å²) < 4.78 is 5.46. The van der Waals surface area contributed by atoms with Crippen LogP contribution in [-0.2, 0) is 4.43 Å². The van der Waals surface area contributed by atoms with Crippen molar-refractivity contribution < 1.29 is 4.43 Å². The average molecular weight is 147 g/mol. The van der Waals surface area contributed by atoms with E-state index in [9.17, 15) is 0 Å². The SMILES string of the molecule is CCC[SiH](NC)OCC. The molecule has 0 aliphatic heterocycles. The minimum Gasteiger partial charge on any atom is -0.406 e. The summed E-state index contributed by atoms with van der Waals surface area (Å²) in [6.45, 7) is 5.10. The molecule has 0 fully saturated rings. The molecule has 0 spiro atoms. The van der Waals surface area contributed by atoms with Gasteiger partial charge >= 0.3 is 0 Å². The molecule has 1 N–H and O–H groups in total. The standard InChI is InChI=1S/C6H17NOSi/c1-4-6-9(7-3)8-5-2/h7,9H,4-6H2,1-3H3. The molecule has 0 bridgehead atoms. The summed E-state index contributed by atoms with van der Waals surface area (Å²) in [5.41, 5.74) is 0. The Morgan fingerprint density at radius 3 is 2.44 bits per heavy atom. The van der Waals surface area contributed by atoms with Gasteiger partial charge in [-0.15, -0.1) is 0 Å². The smallest absolute Gasteiger partial charge is 0.252 e. The Morgan fingerprint density at radius 2 is 2.11 bits per heavy atom. The van der Waals surface area contributed by atoms with Crippen LogP contribution in [0.15, 0.2) is 0 Å². The monoisotopic (exact) mass is 147 g/mol. The van der Waals surface area contributed by atoms with Crippen molar-refractivity contribution in [3.63, 3.8) is 0 Å². The molecule has 0 amide bonds. The van der Waals surface area contributed by atoms with Gasteiger partial charge in [0.1, 0.15) is 0 Å². The van der Waals surface area contributed by atoms with E-state index in [-0.39, 0.29) is 0 Å². The van der Waals surface area contributed by atoms with Crippen LogP contribution in [-0.4, -0.2) is 22.9 Å². The predicted octanol–water partition coefficient (Wildman–Crippen LogP) is 0.873. The van der Waals surface area contributed by atoms with E-state index < -0.39 is 9.20 Å². The van der Waals surface area contributed by atoms with Crippen LogP contribution in [0.2, 0.25) is 6.04 Å². The fraction of sp³-hybridized carbons (Fsp3) is 1.00. The molecule has 2 nitrogen and oxygen atoms in total. The molecule has 0 saturated heterocycles. The molecule has 0 aromatic heterocycles. The second-order valence-corrected chi connectivity index (χ2v) is 4.49. The van der Waals surface area contributed by atoms with Crippen molar-refractivity contribution in [3.8, 4) is 0 Å². The van der Waals surface area contributed by atoms with Crippen molar-refractivity contribution in [3.05, 3.63) is 0 Å². The van der Waals surface area contributed by atoms with E-state index in [0.717, 1.165) is 6.61 Å². The first-order chi connectivity index (χ1) is 4.35. The fourth-order valence-electron chi connectivity index (χ4n) is 0.774. The Labute approximate surface area is 59.4 Å². The van der Waals surface area contributed by atoms with Gasteiger partial charge in [-0.05, 0) is 20.0 Å². The zero-order valence-electron chi connectivity index (χ0n) is 6.61. The molecule has 56 valence electrons. The first-order valence-corrected chi connectivity index (χ1v) is 5.50. The predicted molar refractivity (Wildman–Crippen MR) is 42.9 cm³/mol. The van der Waals surface area contributed by atoms with Crippen molar-refractivity contribution in [1.29, 1.82) is 0 Å². The van der Waals surface area contributed by atoms with Crippen LogP contribution < -0.4 is 4.98 Å². The number of nitrogens with one attached hydrogen (secondary N) is 1. The third-order valence-corrected chi connectivity index (χ3v) is 3.72. The van der Waals surface area contributed by atoms with Crippen LogP contribution in [0.25, 0.3) is 0 Å². The summed E-state index contributed by atoms with van der Waals surface area (Å²) in [5.74, 6) is 0. The highest BCUT2D eigenvalue weighted by Crippen LogP contribution is 1.93. The Kier molecular flexibility index (Phi) is 6.35. The Hall–Kier alpha value is 0.137. The van der Waals surface area contributed by atoms with Gasteiger partial charge in [-0.2, -0.15) is 0 Å². The van der Waals surface area contributed by atoms with E-state index in [1.807, 2.05) is 14.0 Å². The summed E-state index contributed by atoms with van der Waals surface area (Å²) in [6, 6.07) is 1.24. The third-order valence-electron chi connectivity index (χ3n) is 1.24. The second kappa shape index (κ2) is 6.26. The third kappa shape index (κ3) is 4.63. The fourth-order valence-corrected chi connectivity index (χ4v) is 2.32. The molecule has 9 heavy (non-hydrogen) atoms. The average Bonchev–Trinajstić information content (AvgIpc) is 1.88. The lowest BCUT2D eigenvalue weighted by molar-refractivity contribution is 0.334. The van der Waals surface area contributed by atoms with Gasteiger partial charge in [-0.1, -0.05) is 13.3 Å². The van der Waals surface area contributed by atoms with E-state index in [2.05, 4.69) is 11.9 Å². The van der Waals surface area contributed by atoms with Crippen LogP contribution in [0.3, 0.4) is 0 Å². The topological polar surface area (TPSA) is 21.3 Å². The van der Waals surface area contributed by atoms with Crippen molar-refractivity contribution >= 4 is 9.20 Å². The minimum atomic E-state index is -0.963. The minimum absolute atomic E-state index is 0.859. The van der Waals surface area contributed by atoms with Gasteiger partial charge in [0, 0.05) is 6.61 Å². The first kappa shape index (κ1) is 9.14. The Balaban J connectivity index is 3.18. The largest absolute Gasteiger partial charge is 0.406 e. The van der Waals surface area contributed by atoms with Crippen LogP contribution in [0, 0.1) is 0 Å². The maximum absolute atomic E-state index is 5.46. The van der Waals surface area contributed by atoms with Gasteiger partial charge in [0.2, 0.25) is 0 Å². The molecule has 0 radical (unpaired) electrons. The zero-order chi connectivity index (χ0) is 7.11. The molecule has 0 heterocycles. The number of hydrogen-bond acceptors (Lipinski definition) is 2. The van der Waals surface area contributed by atoms with Crippen molar-refractivity contribution in [1.82, 2.24) is 4.98 Å².